The Bertz CT molecular complexity index is 638. The van der Waals surface area contributed by atoms with Crippen LogP contribution in [0.5, 0.6) is 0 Å². The summed E-state index contributed by atoms with van der Waals surface area (Å²) in [7, 11) is 0. The fourth-order valence-corrected chi connectivity index (χ4v) is 2.39. The summed E-state index contributed by atoms with van der Waals surface area (Å²) in [4.78, 5) is 13.0. The second kappa shape index (κ2) is 6.13. The van der Waals surface area contributed by atoms with E-state index in [1.54, 1.807) is 36.0 Å². The maximum absolute atomic E-state index is 13.6. The Morgan fingerprint density at radius 3 is 2.25 bits per heavy atom. The molecule has 0 saturated heterocycles. The Balaban J connectivity index is 2.34. The summed E-state index contributed by atoms with van der Waals surface area (Å²) >= 11 is 1.60. The molecule has 0 unspecified atom stereocenters. The molecule has 104 valence electrons. The van der Waals surface area contributed by atoms with Crippen molar-refractivity contribution in [2.75, 3.05) is 5.75 Å². The average Bonchev–Trinajstić information content (AvgIpc) is 2.45. The molecule has 0 aromatic heterocycles. The smallest absolute Gasteiger partial charge is 0.196 e. The van der Waals surface area contributed by atoms with Gasteiger partial charge in [-0.1, -0.05) is 6.92 Å². The number of hydrogen-bond donors (Lipinski definition) is 0. The SMILES string of the molecule is CCSc1ccc(C(=O)c2ccc(F)c(F)c2F)cc1. The van der Waals surface area contributed by atoms with Crippen LogP contribution in [0.4, 0.5) is 13.2 Å². The number of hydrogen-bond acceptors (Lipinski definition) is 2. The van der Waals surface area contributed by atoms with Gasteiger partial charge in [-0.15, -0.1) is 11.8 Å². The minimum Gasteiger partial charge on any atom is -0.288 e. The minimum atomic E-state index is -1.63. The van der Waals surface area contributed by atoms with Crippen molar-refractivity contribution < 1.29 is 18.0 Å². The van der Waals surface area contributed by atoms with Crippen molar-refractivity contribution in [1.82, 2.24) is 0 Å². The number of rotatable bonds is 4. The van der Waals surface area contributed by atoms with Crippen LogP contribution in [-0.4, -0.2) is 11.5 Å². The van der Waals surface area contributed by atoms with Gasteiger partial charge in [-0.25, -0.2) is 13.2 Å². The maximum Gasteiger partial charge on any atom is 0.196 e. The van der Waals surface area contributed by atoms with Crippen LogP contribution < -0.4 is 0 Å². The van der Waals surface area contributed by atoms with Crippen molar-refractivity contribution in [1.29, 1.82) is 0 Å². The first-order chi connectivity index (χ1) is 9.54. The van der Waals surface area contributed by atoms with Gasteiger partial charge < -0.3 is 0 Å². The summed E-state index contributed by atoms with van der Waals surface area (Å²) < 4.78 is 39.5. The molecule has 2 rings (SSSR count). The van der Waals surface area contributed by atoms with Gasteiger partial charge in [0.15, 0.2) is 23.2 Å². The lowest BCUT2D eigenvalue weighted by molar-refractivity contribution is 0.103. The minimum absolute atomic E-state index is 0.232. The van der Waals surface area contributed by atoms with Gasteiger partial charge in [-0.2, -0.15) is 0 Å². The van der Waals surface area contributed by atoms with Crippen LogP contribution in [0.3, 0.4) is 0 Å². The number of halogens is 3. The van der Waals surface area contributed by atoms with Crippen LogP contribution >= 0.6 is 11.8 Å². The standard InChI is InChI=1S/C15H11F3OS/c1-2-20-10-5-3-9(4-6-10)15(19)11-7-8-12(16)14(18)13(11)17/h3-8H,2H2,1H3. The van der Waals surface area contributed by atoms with E-state index in [9.17, 15) is 18.0 Å². The number of carbonyl (C=O) groups is 1. The van der Waals surface area contributed by atoms with Crippen molar-refractivity contribution in [3.05, 3.63) is 65.0 Å². The molecule has 0 fully saturated rings. The second-order valence-corrected chi connectivity index (χ2v) is 5.35. The normalized spacial score (nSPS) is 10.6. The Labute approximate surface area is 118 Å². The van der Waals surface area contributed by atoms with Crippen molar-refractivity contribution >= 4 is 17.5 Å². The average molecular weight is 296 g/mol. The predicted octanol–water partition coefficient (Wildman–Crippen LogP) is 4.45. The van der Waals surface area contributed by atoms with Gasteiger partial charge in [-0.05, 0) is 42.2 Å². The van der Waals surface area contributed by atoms with E-state index in [0.29, 0.717) is 0 Å². The maximum atomic E-state index is 13.6. The van der Waals surface area contributed by atoms with Gasteiger partial charge in [0.25, 0.3) is 0 Å². The first-order valence-electron chi connectivity index (χ1n) is 5.95. The van der Waals surface area contributed by atoms with Crippen LogP contribution in [0.1, 0.15) is 22.8 Å². The van der Waals surface area contributed by atoms with Crippen molar-refractivity contribution in [3.63, 3.8) is 0 Å². The summed E-state index contributed by atoms with van der Waals surface area (Å²) in [5, 5.41) is 0. The molecular formula is C15H11F3OS. The monoisotopic (exact) mass is 296 g/mol. The third kappa shape index (κ3) is 2.88. The molecule has 20 heavy (non-hydrogen) atoms. The molecule has 0 radical (unpaired) electrons. The fraction of sp³-hybridized carbons (Fsp3) is 0.133. The second-order valence-electron chi connectivity index (χ2n) is 4.01. The molecule has 1 nitrogen and oxygen atoms in total. The van der Waals surface area contributed by atoms with Crippen molar-refractivity contribution in [3.8, 4) is 0 Å². The summed E-state index contributed by atoms with van der Waals surface area (Å²) in [6, 6.07) is 8.25. The predicted molar refractivity (Wildman–Crippen MR) is 72.6 cm³/mol. The fourth-order valence-electron chi connectivity index (χ4n) is 1.73. The third-order valence-corrected chi connectivity index (χ3v) is 3.60. The number of carbonyl (C=O) groups excluding carboxylic acids is 1. The third-order valence-electron chi connectivity index (χ3n) is 2.71. The molecule has 0 aliphatic heterocycles. The van der Waals surface area contributed by atoms with Crippen LogP contribution in [0.25, 0.3) is 0 Å². The molecular weight excluding hydrogens is 285 g/mol. The Hall–Kier alpha value is -1.75. The highest BCUT2D eigenvalue weighted by Crippen LogP contribution is 2.21. The number of ketones is 1. The van der Waals surface area contributed by atoms with Gasteiger partial charge in [0.05, 0.1) is 5.56 Å². The largest absolute Gasteiger partial charge is 0.288 e. The first-order valence-corrected chi connectivity index (χ1v) is 6.94. The van der Waals surface area contributed by atoms with Gasteiger partial charge in [-0.3, -0.25) is 4.79 Å². The number of thioether (sulfide) groups is 1. The zero-order valence-electron chi connectivity index (χ0n) is 10.6. The molecule has 2 aromatic carbocycles. The molecule has 2 aromatic rings. The van der Waals surface area contributed by atoms with E-state index in [4.69, 9.17) is 0 Å². The van der Waals surface area contributed by atoms with E-state index < -0.39 is 28.8 Å². The molecule has 0 bridgehead atoms. The highest BCUT2D eigenvalue weighted by atomic mass is 32.2. The summed E-state index contributed by atoms with van der Waals surface area (Å²) in [5.41, 5.74) is -0.241. The lowest BCUT2D eigenvalue weighted by Crippen LogP contribution is -2.07. The van der Waals surface area contributed by atoms with Crippen molar-refractivity contribution in [2.24, 2.45) is 0 Å². The summed E-state index contributed by atoms with van der Waals surface area (Å²) in [5.74, 6) is -4.18. The molecule has 0 amide bonds. The van der Waals surface area contributed by atoms with E-state index in [2.05, 4.69) is 0 Å². The summed E-state index contributed by atoms with van der Waals surface area (Å²) in [6.07, 6.45) is 0. The van der Waals surface area contributed by atoms with E-state index >= 15 is 0 Å². The Morgan fingerprint density at radius 1 is 1.00 bits per heavy atom. The molecule has 0 aliphatic carbocycles. The quantitative estimate of drug-likeness (QED) is 0.471. The van der Waals surface area contributed by atoms with Crippen LogP contribution in [-0.2, 0) is 0 Å². The topological polar surface area (TPSA) is 17.1 Å². The molecule has 0 spiro atoms. The molecule has 0 atom stereocenters. The molecule has 0 N–H and O–H groups in total. The van der Waals surface area contributed by atoms with Gasteiger partial charge in [0.1, 0.15) is 0 Å². The first kappa shape index (κ1) is 14.7. The van der Waals surface area contributed by atoms with E-state index in [0.717, 1.165) is 22.8 Å². The highest BCUT2D eigenvalue weighted by molar-refractivity contribution is 7.99. The zero-order valence-corrected chi connectivity index (χ0v) is 11.4. The molecule has 0 aliphatic rings. The molecule has 0 heterocycles. The van der Waals surface area contributed by atoms with Crippen LogP contribution in [0.2, 0.25) is 0 Å². The lowest BCUT2D eigenvalue weighted by atomic mass is 10.0. The van der Waals surface area contributed by atoms with E-state index in [-0.39, 0.29) is 5.56 Å². The molecule has 5 heteroatoms. The molecule has 0 saturated carbocycles. The Morgan fingerprint density at radius 2 is 1.65 bits per heavy atom. The van der Waals surface area contributed by atoms with Crippen molar-refractivity contribution in [2.45, 2.75) is 11.8 Å². The summed E-state index contributed by atoms with van der Waals surface area (Å²) in [6.45, 7) is 2.00. The lowest BCUT2D eigenvalue weighted by Gasteiger charge is -2.05. The number of benzene rings is 2. The van der Waals surface area contributed by atoms with Gasteiger partial charge in [0.2, 0.25) is 0 Å². The van der Waals surface area contributed by atoms with Gasteiger partial charge >= 0.3 is 0 Å². The Kier molecular flexibility index (Phi) is 4.49. The van der Waals surface area contributed by atoms with E-state index in [1.807, 2.05) is 6.92 Å². The van der Waals surface area contributed by atoms with E-state index in [1.165, 1.54) is 0 Å². The van der Waals surface area contributed by atoms with Gasteiger partial charge in [0, 0.05) is 10.5 Å². The highest BCUT2D eigenvalue weighted by Gasteiger charge is 2.19. The zero-order chi connectivity index (χ0) is 14.7. The van der Waals surface area contributed by atoms with Crippen LogP contribution in [0.15, 0.2) is 41.3 Å². The van der Waals surface area contributed by atoms with Crippen LogP contribution in [0, 0.1) is 17.5 Å².